The highest BCUT2D eigenvalue weighted by molar-refractivity contribution is 9.09. The van der Waals surface area contributed by atoms with Gasteiger partial charge in [0.2, 0.25) is 0 Å². The molecule has 9 nitrogen and oxygen atoms in total. The van der Waals surface area contributed by atoms with Crippen molar-refractivity contribution in [2.75, 3.05) is 11.9 Å². The van der Waals surface area contributed by atoms with Crippen molar-refractivity contribution < 1.29 is 19.4 Å². The molecule has 0 radical (unpaired) electrons. The summed E-state index contributed by atoms with van der Waals surface area (Å²) < 4.78 is 6.94. The maximum atomic E-state index is 12.3. The van der Waals surface area contributed by atoms with Crippen LogP contribution in [0.15, 0.2) is 40.1 Å². The van der Waals surface area contributed by atoms with Crippen LogP contribution in [-0.2, 0) is 4.74 Å². The van der Waals surface area contributed by atoms with E-state index in [-0.39, 0.29) is 30.0 Å². The number of Topliss-reactive ketones (excluding diaryl/α,β-unsaturated/α-hetero) is 1. The molecule has 2 aromatic rings. The summed E-state index contributed by atoms with van der Waals surface area (Å²) in [6.45, 7) is 1.60. The van der Waals surface area contributed by atoms with Crippen molar-refractivity contribution in [3.05, 3.63) is 68.0 Å². The number of aliphatic hydroxyl groups excluding tert-OH is 1. The highest BCUT2D eigenvalue weighted by atomic mass is 79.9. The number of ether oxygens (including phenoxy) is 1. The molecular weight excluding hydrogens is 446 g/mol. The van der Waals surface area contributed by atoms with Gasteiger partial charge in [-0.15, -0.1) is 0 Å². The zero-order valence-electron chi connectivity index (χ0n) is 15.6. The molecule has 1 aromatic heterocycles. The monoisotopic (exact) mass is 465 g/mol. The average molecular weight is 466 g/mol. The molecule has 3 rings (SSSR count). The Kier molecular flexibility index (Phi) is 6.46. The Labute approximate surface area is 173 Å². The lowest BCUT2D eigenvalue weighted by molar-refractivity contribution is -0.0187. The molecule has 154 valence electrons. The number of aryl methyl sites for hydroxylation is 1. The number of hydrogen-bond donors (Lipinski definition) is 3. The summed E-state index contributed by atoms with van der Waals surface area (Å²) in [5, 5.41) is 13.1. The minimum absolute atomic E-state index is 0.0374. The second kappa shape index (κ2) is 8.85. The van der Waals surface area contributed by atoms with E-state index in [1.807, 2.05) is 0 Å². The number of aliphatic hydroxyl groups is 1. The van der Waals surface area contributed by atoms with Crippen molar-refractivity contribution in [1.82, 2.24) is 14.9 Å². The number of carbonyl (C=O) groups is 2. The quantitative estimate of drug-likeness (QED) is 0.420. The van der Waals surface area contributed by atoms with E-state index in [0.717, 1.165) is 0 Å². The summed E-state index contributed by atoms with van der Waals surface area (Å²) in [6, 6.07) is 6.23. The standard InChI is InChI=1S/C19H20BrN3O6/c1-10-9-23(19(28)22-17(10)26)16-6-13(24)15(29-16)8-21-18(27)12-4-2-11(3-5-12)14(25)7-20/h2-5,9,13,15-16,24H,6-8H2,1H3,(H,21,27)(H,22,26,28)/t13-,15+,16+/m0/s1. The number of rotatable bonds is 6. The van der Waals surface area contributed by atoms with Gasteiger partial charge in [0.15, 0.2) is 5.78 Å². The Hall–Kier alpha value is -2.56. The molecule has 0 saturated carbocycles. The minimum Gasteiger partial charge on any atom is -0.390 e. The van der Waals surface area contributed by atoms with Crippen LogP contribution in [0.25, 0.3) is 0 Å². The number of nitrogens with one attached hydrogen (secondary N) is 2. The predicted molar refractivity (Wildman–Crippen MR) is 107 cm³/mol. The van der Waals surface area contributed by atoms with Crippen LogP contribution in [0.4, 0.5) is 0 Å². The first-order valence-electron chi connectivity index (χ1n) is 8.93. The van der Waals surface area contributed by atoms with Gasteiger partial charge in [-0.25, -0.2) is 4.79 Å². The van der Waals surface area contributed by atoms with Crippen LogP contribution in [0.3, 0.4) is 0 Å². The third-order valence-corrected chi connectivity index (χ3v) is 5.22. The van der Waals surface area contributed by atoms with E-state index in [9.17, 15) is 24.3 Å². The van der Waals surface area contributed by atoms with Crippen molar-refractivity contribution >= 4 is 27.6 Å². The first-order chi connectivity index (χ1) is 13.8. The summed E-state index contributed by atoms with van der Waals surface area (Å²) >= 11 is 3.10. The first kappa shape index (κ1) is 21.2. The molecule has 1 aromatic carbocycles. The van der Waals surface area contributed by atoms with Crippen LogP contribution >= 0.6 is 15.9 Å². The molecule has 3 N–H and O–H groups in total. The Bertz CT molecular complexity index is 1030. The fourth-order valence-electron chi connectivity index (χ4n) is 3.05. The topological polar surface area (TPSA) is 130 Å². The number of halogens is 1. The molecule has 0 spiro atoms. The molecule has 1 aliphatic rings. The van der Waals surface area contributed by atoms with E-state index in [4.69, 9.17) is 4.74 Å². The smallest absolute Gasteiger partial charge is 0.330 e. The second-order valence-corrected chi connectivity index (χ2v) is 7.32. The Balaban J connectivity index is 1.62. The highest BCUT2D eigenvalue weighted by Crippen LogP contribution is 2.27. The van der Waals surface area contributed by atoms with Gasteiger partial charge in [-0.3, -0.25) is 23.9 Å². The van der Waals surface area contributed by atoms with Gasteiger partial charge in [0, 0.05) is 35.9 Å². The summed E-state index contributed by atoms with van der Waals surface area (Å²) in [6.07, 6.45) is -0.815. The maximum absolute atomic E-state index is 12.3. The molecule has 0 aliphatic carbocycles. The molecule has 3 atom stereocenters. The van der Waals surface area contributed by atoms with Crippen LogP contribution in [0.5, 0.6) is 0 Å². The molecule has 10 heteroatoms. The number of H-pyrrole nitrogens is 1. The van der Waals surface area contributed by atoms with Gasteiger partial charge in [0.05, 0.1) is 11.4 Å². The van der Waals surface area contributed by atoms with Crippen LogP contribution in [-0.4, -0.2) is 50.4 Å². The summed E-state index contributed by atoms with van der Waals surface area (Å²) in [7, 11) is 0. The normalized spacial score (nSPS) is 21.1. The number of aromatic amines is 1. The third-order valence-electron chi connectivity index (χ3n) is 4.71. The lowest BCUT2D eigenvalue weighted by atomic mass is 10.1. The van der Waals surface area contributed by atoms with Gasteiger partial charge in [-0.2, -0.15) is 0 Å². The number of benzene rings is 1. The summed E-state index contributed by atoms with van der Waals surface area (Å²) in [5.74, 6) is -0.461. The van der Waals surface area contributed by atoms with Gasteiger partial charge in [-0.05, 0) is 19.1 Å². The lowest BCUT2D eigenvalue weighted by Crippen LogP contribution is -2.37. The maximum Gasteiger partial charge on any atom is 0.330 e. The summed E-state index contributed by atoms with van der Waals surface area (Å²) in [5.41, 5.74) is 0.115. The van der Waals surface area contributed by atoms with Gasteiger partial charge >= 0.3 is 5.69 Å². The molecule has 1 aliphatic heterocycles. The summed E-state index contributed by atoms with van der Waals surface area (Å²) in [4.78, 5) is 49.6. The van der Waals surface area contributed by atoms with E-state index < -0.39 is 29.7 Å². The molecule has 2 heterocycles. The van der Waals surface area contributed by atoms with E-state index >= 15 is 0 Å². The van der Waals surface area contributed by atoms with E-state index in [2.05, 4.69) is 26.2 Å². The molecule has 0 bridgehead atoms. The number of nitrogens with zero attached hydrogens (tertiary/aromatic N) is 1. The molecule has 1 fully saturated rings. The molecule has 29 heavy (non-hydrogen) atoms. The Morgan fingerprint density at radius 1 is 1.28 bits per heavy atom. The molecular formula is C19H20BrN3O6. The fraction of sp³-hybridized carbons (Fsp3) is 0.368. The lowest BCUT2D eigenvalue weighted by Gasteiger charge is -2.17. The third kappa shape index (κ3) is 4.72. The second-order valence-electron chi connectivity index (χ2n) is 6.76. The van der Waals surface area contributed by atoms with Gasteiger partial charge in [-0.1, -0.05) is 28.1 Å². The largest absolute Gasteiger partial charge is 0.390 e. The highest BCUT2D eigenvalue weighted by Gasteiger charge is 2.35. The Morgan fingerprint density at radius 2 is 1.93 bits per heavy atom. The van der Waals surface area contributed by atoms with Gasteiger partial charge < -0.3 is 15.2 Å². The van der Waals surface area contributed by atoms with Crippen LogP contribution in [0.1, 0.15) is 38.9 Å². The fourth-order valence-corrected chi connectivity index (χ4v) is 3.37. The van der Waals surface area contributed by atoms with Gasteiger partial charge in [0.25, 0.3) is 11.5 Å². The molecule has 1 saturated heterocycles. The van der Waals surface area contributed by atoms with Crippen molar-refractivity contribution in [2.24, 2.45) is 0 Å². The van der Waals surface area contributed by atoms with E-state index in [0.29, 0.717) is 16.7 Å². The van der Waals surface area contributed by atoms with Crippen LogP contribution in [0.2, 0.25) is 0 Å². The predicted octanol–water partition coefficient (Wildman–Crippen LogP) is 0.501. The zero-order valence-corrected chi connectivity index (χ0v) is 17.1. The molecule has 0 unspecified atom stereocenters. The number of alkyl halides is 1. The van der Waals surface area contributed by atoms with Crippen molar-refractivity contribution in [3.8, 4) is 0 Å². The Morgan fingerprint density at radius 3 is 2.59 bits per heavy atom. The number of aromatic nitrogens is 2. The van der Waals surface area contributed by atoms with E-state index in [1.165, 1.54) is 10.8 Å². The number of ketones is 1. The van der Waals surface area contributed by atoms with Crippen molar-refractivity contribution in [2.45, 2.75) is 31.8 Å². The van der Waals surface area contributed by atoms with Crippen molar-refractivity contribution in [1.29, 1.82) is 0 Å². The number of amides is 1. The average Bonchev–Trinajstić information content (AvgIpc) is 3.08. The molecule has 1 amide bonds. The number of carbonyl (C=O) groups excluding carboxylic acids is 2. The number of hydrogen-bond acceptors (Lipinski definition) is 6. The van der Waals surface area contributed by atoms with Crippen LogP contribution in [0, 0.1) is 6.92 Å². The van der Waals surface area contributed by atoms with E-state index in [1.54, 1.807) is 31.2 Å². The first-order valence-corrected chi connectivity index (χ1v) is 10.1. The van der Waals surface area contributed by atoms with Crippen LogP contribution < -0.4 is 16.6 Å². The van der Waals surface area contributed by atoms with Gasteiger partial charge in [0.1, 0.15) is 12.3 Å². The minimum atomic E-state index is -0.890. The SMILES string of the molecule is Cc1cn([C@H]2C[C@H](O)[C@@H](CNC(=O)c3ccc(C(=O)CBr)cc3)O2)c(=O)[nH]c1=O. The zero-order chi connectivity index (χ0) is 21.1. The van der Waals surface area contributed by atoms with Crippen molar-refractivity contribution in [3.63, 3.8) is 0 Å².